The van der Waals surface area contributed by atoms with Crippen LogP contribution in [0.25, 0.3) is 22.0 Å². The van der Waals surface area contributed by atoms with Crippen molar-refractivity contribution >= 4 is 10.9 Å². The van der Waals surface area contributed by atoms with Crippen LogP contribution >= 0.6 is 0 Å². The molecule has 0 saturated carbocycles. The molecule has 17 heavy (non-hydrogen) atoms. The second-order valence-electron chi connectivity index (χ2n) is 4.22. The zero-order chi connectivity index (χ0) is 11.8. The van der Waals surface area contributed by atoms with E-state index in [-0.39, 0.29) is 0 Å². The Kier molecular flexibility index (Phi) is 2.15. The molecule has 0 amide bonds. The summed E-state index contributed by atoms with van der Waals surface area (Å²) in [6.45, 7) is 2.07. The normalized spacial score (nSPS) is 10.9. The van der Waals surface area contributed by atoms with E-state index in [0.717, 1.165) is 16.8 Å². The lowest BCUT2D eigenvalue weighted by Crippen LogP contribution is -1.78. The van der Waals surface area contributed by atoms with Gasteiger partial charge in [0.1, 0.15) is 5.75 Å². The Morgan fingerprint density at radius 1 is 0.941 bits per heavy atom. The Morgan fingerprint density at radius 2 is 1.65 bits per heavy atom. The molecule has 0 aliphatic carbocycles. The highest BCUT2D eigenvalue weighted by Gasteiger charge is 2.09. The smallest absolute Gasteiger partial charge is 0.115 e. The van der Waals surface area contributed by atoms with Crippen molar-refractivity contribution in [3.05, 3.63) is 54.2 Å². The van der Waals surface area contributed by atoms with Gasteiger partial charge in [-0.05, 0) is 30.7 Å². The monoisotopic (exact) mass is 223 g/mol. The van der Waals surface area contributed by atoms with E-state index in [1.54, 1.807) is 12.1 Å². The predicted molar refractivity (Wildman–Crippen MR) is 70.1 cm³/mol. The van der Waals surface area contributed by atoms with Gasteiger partial charge in [-0.2, -0.15) is 0 Å². The molecule has 0 spiro atoms. The summed E-state index contributed by atoms with van der Waals surface area (Å²) in [5, 5.41) is 10.5. The SMILES string of the molecule is Cc1[nH]c2ccccc2c1-c1ccc(O)cc1. The molecule has 2 heteroatoms. The van der Waals surface area contributed by atoms with Gasteiger partial charge in [-0.15, -0.1) is 0 Å². The number of aromatic nitrogens is 1. The molecule has 0 bridgehead atoms. The molecule has 0 unspecified atom stereocenters. The summed E-state index contributed by atoms with van der Waals surface area (Å²) in [6, 6.07) is 15.6. The number of benzene rings is 2. The Morgan fingerprint density at radius 3 is 2.41 bits per heavy atom. The minimum absolute atomic E-state index is 0.297. The van der Waals surface area contributed by atoms with E-state index in [9.17, 15) is 5.11 Å². The molecule has 0 aliphatic rings. The molecule has 84 valence electrons. The summed E-state index contributed by atoms with van der Waals surface area (Å²) in [4.78, 5) is 3.38. The topological polar surface area (TPSA) is 36.0 Å². The van der Waals surface area contributed by atoms with Crippen molar-refractivity contribution < 1.29 is 5.11 Å². The van der Waals surface area contributed by atoms with Crippen LogP contribution in [0.5, 0.6) is 5.75 Å². The van der Waals surface area contributed by atoms with Crippen LogP contribution in [-0.2, 0) is 0 Å². The average Bonchev–Trinajstić information content (AvgIpc) is 2.66. The van der Waals surface area contributed by atoms with Crippen molar-refractivity contribution in [2.45, 2.75) is 6.92 Å². The van der Waals surface area contributed by atoms with E-state index in [2.05, 4.69) is 24.0 Å². The Hall–Kier alpha value is -2.22. The largest absolute Gasteiger partial charge is 0.508 e. The van der Waals surface area contributed by atoms with Crippen molar-refractivity contribution in [1.82, 2.24) is 4.98 Å². The van der Waals surface area contributed by atoms with Crippen molar-refractivity contribution in [2.24, 2.45) is 0 Å². The van der Waals surface area contributed by atoms with Gasteiger partial charge in [-0.25, -0.2) is 0 Å². The lowest BCUT2D eigenvalue weighted by molar-refractivity contribution is 0.475. The molecule has 0 fully saturated rings. The molecule has 3 rings (SSSR count). The first-order valence-electron chi connectivity index (χ1n) is 5.62. The molecule has 0 saturated heterocycles. The number of phenolic OH excluding ortho intramolecular Hbond substituents is 1. The lowest BCUT2D eigenvalue weighted by Gasteiger charge is -2.02. The summed E-state index contributed by atoms with van der Waals surface area (Å²) in [6.07, 6.45) is 0. The second-order valence-corrected chi connectivity index (χ2v) is 4.22. The number of aromatic amines is 1. The Bertz CT molecular complexity index is 665. The van der Waals surface area contributed by atoms with Gasteiger partial charge >= 0.3 is 0 Å². The number of rotatable bonds is 1. The summed E-state index contributed by atoms with van der Waals surface area (Å²) < 4.78 is 0. The number of H-pyrrole nitrogens is 1. The summed E-state index contributed by atoms with van der Waals surface area (Å²) in [5.41, 5.74) is 4.63. The fourth-order valence-electron chi connectivity index (χ4n) is 2.28. The van der Waals surface area contributed by atoms with Gasteiger partial charge in [-0.3, -0.25) is 0 Å². The molecule has 0 aliphatic heterocycles. The maximum atomic E-state index is 9.33. The van der Waals surface area contributed by atoms with E-state index >= 15 is 0 Å². The van der Waals surface area contributed by atoms with Gasteiger partial charge in [0.2, 0.25) is 0 Å². The van der Waals surface area contributed by atoms with Crippen molar-refractivity contribution in [2.75, 3.05) is 0 Å². The van der Waals surface area contributed by atoms with Crippen LogP contribution in [0, 0.1) is 6.92 Å². The number of hydrogen-bond acceptors (Lipinski definition) is 1. The van der Waals surface area contributed by atoms with Crippen LogP contribution < -0.4 is 0 Å². The third-order valence-corrected chi connectivity index (χ3v) is 3.05. The first-order valence-corrected chi connectivity index (χ1v) is 5.62. The van der Waals surface area contributed by atoms with Crippen LogP contribution in [0.3, 0.4) is 0 Å². The number of nitrogens with one attached hydrogen (secondary N) is 1. The van der Waals surface area contributed by atoms with E-state index < -0.39 is 0 Å². The molecule has 3 aromatic rings. The molecular formula is C15H13NO. The zero-order valence-electron chi connectivity index (χ0n) is 9.57. The lowest BCUT2D eigenvalue weighted by atomic mass is 10.0. The fraction of sp³-hybridized carbons (Fsp3) is 0.0667. The van der Waals surface area contributed by atoms with Crippen LogP contribution in [0.15, 0.2) is 48.5 Å². The highest BCUT2D eigenvalue weighted by Crippen LogP contribution is 2.32. The van der Waals surface area contributed by atoms with Gasteiger partial charge in [0.05, 0.1) is 0 Å². The number of aryl methyl sites for hydroxylation is 1. The van der Waals surface area contributed by atoms with E-state index in [1.807, 2.05) is 24.3 Å². The molecule has 1 aromatic heterocycles. The highest BCUT2D eigenvalue weighted by atomic mass is 16.3. The standard InChI is InChI=1S/C15H13NO/c1-10-15(11-6-8-12(17)9-7-11)13-4-2-3-5-14(13)16-10/h2-9,16-17H,1H3. The van der Waals surface area contributed by atoms with Gasteiger partial charge in [0, 0.05) is 22.2 Å². The number of aromatic hydroxyl groups is 1. The van der Waals surface area contributed by atoms with E-state index in [0.29, 0.717) is 5.75 Å². The number of fused-ring (bicyclic) bond motifs is 1. The molecule has 2 N–H and O–H groups in total. The van der Waals surface area contributed by atoms with Gasteiger partial charge in [0.25, 0.3) is 0 Å². The van der Waals surface area contributed by atoms with Crippen LogP contribution in [0.2, 0.25) is 0 Å². The zero-order valence-corrected chi connectivity index (χ0v) is 9.57. The van der Waals surface area contributed by atoms with E-state index in [4.69, 9.17) is 0 Å². The molecule has 2 aromatic carbocycles. The second kappa shape index (κ2) is 3.67. The quantitative estimate of drug-likeness (QED) is 0.645. The maximum Gasteiger partial charge on any atom is 0.115 e. The molecule has 0 atom stereocenters. The van der Waals surface area contributed by atoms with Gasteiger partial charge in [-0.1, -0.05) is 30.3 Å². The van der Waals surface area contributed by atoms with Gasteiger partial charge in [0.15, 0.2) is 0 Å². The first-order chi connectivity index (χ1) is 8.25. The van der Waals surface area contributed by atoms with E-state index in [1.165, 1.54) is 10.9 Å². The van der Waals surface area contributed by atoms with Crippen LogP contribution in [0.4, 0.5) is 0 Å². The average molecular weight is 223 g/mol. The number of phenols is 1. The first kappa shape index (κ1) is 9.97. The van der Waals surface area contributed by atoms with Crippen LogP contribution in [-0.4, -0.2) is 10.1 Å². The highest BCUT2D eigenvalue weighted by molar-refractivity contribution is 5.97. The third-order valence-electron chi connectivity index (χ3n) is 3.05. The molecular weight excluding hydrogens is 210 g/mol. The fourth-order valence-corrected chi connectivity index (χ4v) is 2.28. The Labute approximate surface area is 99.5 Å². The van der Waals surface area contributed by atoms with Crippen molar-refractivity contribution in [3.8, 4) is 16.9 Å². The predicted octanol–water partition coefficient (Wildman–Crippen LogP) is 3.85. The Balaban J connectivity index is 2.29. The third kappa shape index (κ3) is 1.58. The maximum absolute atomic E-state index is 9.33. The number of para-hydroxylation sites is 1. The van der Waals surface area contributed by atoms with Crippen LogP contribution in [0.1, 0.15) is 5.69 Å². The van der Waals surface area contributed by atoms with Crippen molar-refractivity contribution in [3.63, 3.8) is 0 Å². The summed E-state index contributed by atoms with van der Waals surface area (Å²) >= 11 is 0. The minimum atomic E-state index is 0.297. The summed E-state index contributed by atoms with van der Waals surface area (Å²) in [7, 11) is 0. The molecule has 0 radical (unpaired) electrons. The molecule has 1 heterocycles. The molecule has 2 nitrogen and oxygen atoms in total. The minimum Gasteiger partial charge on any atom is -0.508 e. The number of hydrogen-bond donors (Lipinski definition) is 2. The van der Waals surface area contributed by atoms with Crippen molar-refractivity contribution in [1.29, 1.82) is 0 Å². The summed E-state index contributed by atoms with van der Waals surface area (Å²) in [5.74, 6) is 0.297. The van der Waals surface area contributed by atoms with Gasteiger partial charge < -0.3 is 10.1 Å².